The SMILES string of the molecule is CCCCCn1nc(C(=O)NCC2CCCN2CC)c2ccccc2c1=O. The quantitative estimate of drug-likeness (QED) is 0.726. The van der Waals surface area contributed by atoms with Crippen LogP contribution in [0.15, 0.2) is 29.1 Å². The van der Waals surface area contributed by atoms with E-state index in [1.165, 1.54) is 11.1 Å². The smallest absolute Gasteiger partial charge is 0.274 e. The number of hydrogen-bond acceptors (Lipinski definition) is 4. The summed E-state index contributed by atoms with van der Waals surface area (Å²) in [5.74, 6) is -0.196. The summed E-state index contributed by atoms with van der Waals surface area (Å²) >= 11 is 0. The monoisotopic (exact) mass is 370 g/mol. The van der Waals surface area contributed by atoms with Gasteiger partial charge in [0.25, 0.3) is 11.5 Å². The second kappa shape index (κ2) is 9.13. The summed E-state index contributed by atoms with van der Waals surface area (Å²) in [5.41, 5.74) is 0.231. The molecular formula is C21H30N4O2. The zero-order valence-corrected chi connectivity index (χ0v) is 16.4. The second-order valence-electron chi connectivity index (χ2n) is 7.26. The van der Waals surface area contributed by atoms with Crippen LogP contribution >= 0.6 is 0 Å². The first kappa shape index (κ1) is 19.5. The van der Waals surface area contributed by atoms with Crippen LogP contribution in [0.25, 0.3) is 10.8 Å². The van der Waals surface area contributed by atoms with Gasteiger partial charge in [-0.15, -0.1) is 0 Å². The average molecular weight is 370 g/mol. The van der Waals surface area contributed by atoms with Crippen LogP contribution in [0.1, 0.15) is 56.4 Å². The predicted octanol–water partition coefficient (Wildman–Crippen LogP) is 2.80. The Kier molecular flexibility index (Phi) is 6.61. The molecule has 1 aliphatic heterocycles. The summed E-state index contributed by atoms with van der Waals surface area (Å²) in [6.45, 7) is 7.55. The maximum atomic E-state index is 12.9. The van der Waals surface area contributed by atoms with Crippen molar-refractivity contribution in [2.75, 3.05) is 19.6 Å². The minimum atomic E-state index is -0.196. The van der Waals surface area contributed by atoms with E-state index in [1.807, 2.05) is 18.2 Å². The van der Waals surface area contributed by atoms with Gasteiger partial charge in [-0.05, 0) is 38.4 Å². The topological polar surface area (TPSA) is 67.2 Å². The van der Waals surface area contributed by atoms with Gasteiger partial charge in [-0.25, -0.2) is 4.68 Å². The highest BCUT2D eigenvalue weighted by Gasteiger charge is 2.24. The van der Waals surface area contributed by atoms with Crippen molar-refractivity contribution >= 4 is 16.7 Å². The highest BCUT2D eigenvalue weighted by atomic mass is 16.2. The molecule has 1 aromatic heterocycles. The zero-order valence-electron chi connectivity index (χ0n) is 16.4. The van der Waals surface area contributed by atoms with Crippen molar-refractivity contribution in [2.45, 2.75) is 58.5 Å². The van der Waals surface area contributed by atoms with Gasteiger partial charge in [-0.3, -0.25) is 14.5 Å². The molecule has 0 saturated carbocycles. The van der Waals surface area contributed by atoms with E-state index in [0.717, 1.165) is 38.8 Å². The minimum absolute atomic E-state index is 0.119. The normalized spacial score (nSPS) is 17.5. The highest BCUT2D eigenvalue weighted by Crippen LogP contribution is 2.17. The number of amides is 1. The summed E-state index contributed by atoms with van der Waals surface area (Å²) in [6, 6.07) is 7.66. The van der Waals surface area contributed by atoms with E-state index in [2.05, 4.69) is 29.2 Å². The minimum Gasteiger partial charge on any atom is -0.349 e. The van der Waals surface area contributed by atoms with E-state index in [4.69, 9.17) is 0 Å². The lowest BCUT2D eigenvalue weighted by molar-refractivity contribution is 0.0935. The second-order valence-corrected chi connectivity index (χ2v) is 7.26. The van der Waals surface area contributed by atoms with Crippen molar-refractivity contribution in [2.24, 2.45) is 0 Å². The Morgan fingerprint density at radius 1 is 1.22 bits per heavy atom. The molecule has 1 unspecified atom stereocenters. The number of carbonyl (C=O) groups is 1. The van der Waals surface area contributed by atoms with Gasteiger partial charge < -0.3 is 5.32 Å². The number of aromatic nitrogens is 2. The van der Waals surface area contributed by atoms with Crippen molar-refractivity contribution < 1.29 is 4.79 Å². The molecule has 1 aliphatic rings. The fourth-order valence-electron chi connectivity index (χ4n) is 3.90. The van der Waals surface area contributed by atoms with Gasteiger partial charge in [-0.2, -0.15) is 5.10 Å². The third kappa shape index (κ3) is 4.38. The molecule has 2 heterocycles. The maximum absolute atomic E-state index is 12.9. The van der Waals surface area contributed by atoms with E-state index in [1.54, 1.807) is 6.07 Å². The number of fused-ring (bicyclic) bond motifs is 1. The molecule has 6 heteroatoms. The summed E-state index contributed by atoms with van der Waals surface area (Å²) in [7, 11) is 0. The Morgan fingerprint density at radius 2 is 2.00 bits per heavy atom. The Labute approximate surface area is 160 Å². The number of benzene rings is 1. The van der Waals surface area contributed by atoms with Gasteiger partial charge in [0.15, 0.2) is 5.69 Å². The van der Waals surface area contributed by atoms with Crippen LogP contribution in [-0.2, 0) is 6.54 Å². The molecular weight excluding hydrogens is 340 g/mol. The molecule has 0 bridgehead atoms. The van der Waals surface area contributed by atoms with Gasteiger partial charge in [0, 0.05) is 24.5 Å². The summed E-state index contributed by atoms with van der Waals surface area (Å²) in [5, 5.41) is 8.68. The molecule has 1 N–H and O–H groups in total. The molecule has 1 atom stereocenters. The van der Waals surface area contributed by atoms with Crippen LogP contribution in [0, 0.1) is 0 Å². The van der Waals surface area contributed by atoms with Crippen LogP contribution in [0.5, 0.6) is 0 Å². The summed E-state index contributed by atoms with van der Waals surface area (Å²) in [6.07, 6.45) is 5.29. The first-order chi connectivity index (χ1) is 13.2. The van der Waals surface area contributed by atoms with Gasteiger partial charge >= 0.3 is 0 Å². The molecule has 1 amide bonds. The predicted molar refractivity (Wildman–Crippen MR) is 108 cm³/mol. The summed E-state index contributed by atoms with van der Waals surface area (Å²) in [4.78, 5) is 28.0. The molecule has 1 aromatic carbocycles. The van der Waals surface area contributed by atoms with E-state index in [9.17, 15) is 9.59 Å². The number of hydrogen-bond donors (Lipinski definition) is 1. The van der Waals surface area contributed by atoms with Gasteiger partial charge in [-0.1, -0.05) is 44.9 Å². The average Bonchev–Trinajstić information content (AvgIpc) is 3.15. The molecule has 1 fully saturated rings. The molecule has 0 radical (unpaired) electrons. The number of nitrogens with one attached hydrogen (secondary N) is 1. The molecule has 6 nitrogen and oxygen atoms in total. The standard InChI is InChI=1S/C21H30N4O2/c1-3-5-8-14-25-21(27)18-12-7-6-11-17(18)19(23-25)20(26)22-15-16-10-9-13-24(16)4-2/h6-7,11-12,16H,3-5,8-10,13-15H2,1-2H3,(H,22,26). The number of nitrogens with zero attached hydrogens (tertiary/aromatic N) is 3. The zero-order chi connectivity index (χ0) is 19.2. The van der Waals surface area contributed by atoms with Gasteiger partial charge in [0.2, 0.25) is 0 Å². The van der Waals surface area contributed by atoms with Gasteiger partial charge in [0.1, 0.15) is 0 Å². The third-order valence-corrected chi connectivity index (χ3v) is 5.46. The molecule has 2 aromatic rings. The Bertz CT molecular complexity index is 846. The van der Waals surface area contributed by atoms with Crippen molar-refractivity contribution in [3.8, 4) is 0 Å². The van der Waals surface area contributed by atoms with Crippen LogP contribution in [0.2, 0.25) is 0 Å². The number of rotatable bonds is 8. The summed E-state index contributed by atoms with van der Waals surface area (Å²) < 4.78 is 1.46. The number of likely N-dealkylation sites (tertiary alicyclic amines) is 1. The number of unbranched alkanes of at least 4 members (excludes halogenated alkanes) is 2. The third-order valence-electron chi connectivity index (χ3n) is 5.46. The Hall–Kier alpha value is -2.21. The van der Waals surface area contributed by atoms with Gasteiger partial charge in [0.05, 0.1) is 5.39 Å². The van der Waals surface area contributed by atoms with Crippen LogP contribution < -0.4 is 10.9 Å². The van der Waals surface area contributed by atoms with Crippen LogP contribution in [0.3, 0.4) is 0 Å². The first-order valence-corrected chi connectivity index (χ1v) is 10.2. The van der Waals surface area contributed by atoms with Crippen molar-refractivity contribution in [1.82, 2.24) is 20.0 Å². The molecule has 3 rings (SSSR count). The van der Waals surface area contributed by atoms with E-state index >= 15 is 0 Å². The lowest BCUT2D eigenvalue weighted by atomic mass is 10.1. The lowest BCUT2D eigenvalue weighted by Crippen LogP contribution is -2.40. The van der Waals surface area contributed by atoms with Crippen molar-refractivity contribution in [1.29, 1.82) is 0 Å². The highest BCUT2D eigenvalue weighted by molar-refractivity contribution is 6.04. The number of aryl methyl sites for hydroxylation is 1. The van der Waals surface area contributed by atoms with Crippen molar-refractivity contribution in [3.63, 3.8) is 0 Å². The molecule has 0 spiro atoms. The first-order valence-electron chi connectivity index (χ1n) is 10.2. The van der Waals surface area contributed by atoms with E-state index < -0.39 is 0 Å². The Balaban J connectivity index is 1.84. The molecule has 146 valence electrons. The van der Waals surface area contributed by atoms with E-state index in [0.29, 0.717) is 35.6 Å². The largest absolute Gasteiger partial charge is 0.349 e. The van der Waals surface area contributed by atoms with Crippen LogP contribution in [0.4, 0.5) is 0 Å². The maximum Gasteiger partial charge on any atom is 0.274 e. The number of likely N-dealkylation sites (N-methyl/N-ethyl adjacent to an activating group) is 1. The Morgan fingerprint density at radius 3 is 2.74 bits per heavy atom. The molecule has 1 saturated heterocycles. The van der Waals surface area contributed by atoms with Crippen molar-refractivity contribution in [3.05, 3.63) is 40.3 Å². The molecule has 27 heavy (non-hydrogen) atoms. The van der Waals surface area contributed by atoms with Crippen LogP contribution in [-0.4, -0.2) is 46.3 Å². The lowest BCUT2D eigenvalue weighted by Gasteiger charge is -2.23. The van der Waals surface area contributed by atoms with E-state index in [-0.39, 0.29) is 11.5 Å². The number of carbonyl (C=O) groups excluding carboxylic acids is 1. The fourth-order valence-corrected chi connectivity index (χ4v) is 3.90. The molecule has 0 aliphatic carbocycles. The fraction of sp³-hybridized carbons (Fsp3) is 0.571.